The molecule has 1 amide bonds. The number of nitrogens with zero attached hydrogens (tertiary/aromatic N) is 3. The van der Waals surface area contributed by atoms with E-state index in [-0.39, 0.29) is 5.92 Å². The predicted octanol–water partition coefficient (Wildman–Crippen LogP) is 4.09. The number of rotatable bonds is 4. The van der Waals surface area contributed by atoms with Gasteiger partial charge in [-0.25, -0.2) is 0 Å². The third kappa shape index (κ3) is 3.62. The highest BCUT2D eigenvalue weighted by Crippen LogP contribution is 2.42. The van der Waals surface area contributed by atoms with Crippen LogP contribution in [0.3, 0.4) is 0 Å². The lowest BCUT2D eigenvalue weighted by Gasteiger charge is -2.43. The second kappa shape index (κ2) is 8.29. The van der Waals surface area contributed by atoms with Crippen molar-refractivity contribution in [3.63, 3.8) is 0 Å². The highest BCUT2D eigenvalue weighted by atomic mass is 16.5. The quantitative estimate of drug-likeness (QED) is 0.803. The number of amides is 1. The van der Waals surface area contributed by atoms with Crippen molar-refractivity contribution in [1.29, 1.82) is 0 Å². The molecule has 1 aromatic heterocycles. The Morgan fingerprint density at radius 2 is 1.89 bits per heavy atom. The van der Waals surface area contributed by atoms with Crippen molar-refractivity contribution in [3.8, 4) is 5.75 Å². The lowest BCUT2D eigenvalue weighted by Crippen LogP contribution is -2.51. The zero-order chi connectivity index (χ0) is 19.4. The van der Waals surface area contributed by atoms with Crippen molar-refractivity contribution in [1.82, 2.24) is 14.9 Å². The third-order valence-corrected chi connectivity index (χ3v) is 6.47. The van der Waals surface area contributed by atoms with Gasteiger partial charge >= 0.3 is 0 Å². The molecule has 5 heteroatoms. The van der Waals surface area contributed by atoms with Crippen molar-refractivity contribution < 1.29 is 9.53 Å². The summed E-state index contributed by atoms with van der Waals surface area (Å²) in [5.74, 6) is 1.41. The van der Waals surface area contributed by atoms with Gasteiger partial charge in [0.25, 0.3) is 0 Å². The maximum Gasteiger partial charge on any atom is 0.233 e. The van der Waals surface area contributed by atoms with E-state index in [9.17, 15) is 4.79 Å². The molecule has 1 aromatic carbocycles. The van der Waals surface area contributed by atoms with E-state index in [1.165, 1.54) is 6.42 Å². The van der Waals surface area contributed by atoms with Gasteiger partial charge in [-0.05, 0) is 43.4 Å². The van der Waals surface area contributed by atoms with E-state index in [4.69, 9.17) is 4.74 Å². The number of hydrogen-bond acceptors (Lipinski definition) is 4. The average Bonchev–Trinajstić information content (AvgIpc) is 2.80. The van der Waals surface area contributed by atoms with E-state index in [1.807, 2.05) is 18.3 Å². The number of methoxy groups -OCH3 is 1. The average molecular weight is 380 g/mol. The van der Waals surface area contributed by atoms with Gasteiger partial charge in [0, 0.05) is 37.6 Å². The molecule has 1 aliphatic heterocycles. The van der Waals surface area contributed by atoms with Gasteiger partial charge < -0.3 is 9.64 Å². The molecule has 1 atom stereocenters. The smallest absolute Gasteiger partial charge is 0.233 e. The normalized spacial score (nSPS) is 21.9. The molecular formula is C23H29N3O2. The number of aromatic nitrogens is 2. The summed E-state index contributed by atoms with van der Waals surface area (Å²) >= 11 is 0. The topological polar surface area (TPSA) is 55.3 Å². The first-order chi connectivity index (χ1) is 13.7. The zero-order valence-electron chi connectivity index (χ0n) is 16.6. The Labute approximate surface area is 167 Å². The summed E-state index contributed by atoms with van der Waals surface area (Å²) < 4.78 is 5.32. The van der Waals surface area contributed by atoms with E-state index in [1.54, 1.807) is 19.5 Å². The van der Waals surface area contributed by atoms with E-state index < -0.39 is 5.41 Å². The molecule has 0 N–H and O–H groups in total. The fraction of sp³-hybridized carbons (Fsp3) is 0.522. The number of piperidine rings is 1. The Morgan fingerprint density at radius 1 is 1.11 bits per heavy atom. The predicted molar refractivity (Wildman–Crippen MR) is 108 cm³/mol. The minimum absolute atomic E-state index is 0.280. The maximum absolute atomic E-state index is 13.9. The lowest BCUT2D eigenvalue weighted by molar-refractivity contribution is -0.140. The Morgan fingerprint density at radius 3 is 2.57 bits per heavy atom. The van der Waals surface area contributed by atoms with Gasteiger partial charge in [-0.3, -0.25) is 14.8 Å². The van der Waals surface area contributed by atoms with Crippen LogP contribution in [0.15, 0.2) is 42.9 Å². The number of benzene rings is 1. The molecule has 0 bridgehead atoms. The molecule has 1 saturated heterocycles. The number of carbonyl (C=O) groups is 1. The first-order valence-corrected chi connectivity index (χ1v) is 10.4. The van der Waals surface area contributed by atoms with Crippen LogP contribution in [-0.4, -0.2) is 41.0 Å². The van der Waals surface area contributed by atoms with Crippen LogP contribution < -0.4 is 4.74 Å². The Bertz CT molecular complexity index is 785. The van der Waals surface area contributed by atoms with E-state index in [0.29, 0.717) is 5.91 Å². The minimum atomic E-state index is -0.394. The van der Waals surface area contributed by atoms with Gasteiger partial charge in [0.2, 0.25) is 5.91 Å². The number of likely N-dealkylation sites (tertiary alicyclic amines) is 1. The number of hydrogen-bond donors (Lipinski definition) is 0. The van der Waals surface area contributed by atoms with E-state index in [0.717, 1.165) is 68.6 Å². The molecule has 5 nitrogen and oxygen atoms in total. The summed E-state index contributed by atoms with van der Waals surface area (Å²) in [6, 6.07) is 8.15. The van der Waals surface area contributed by atoms with Gasteiger partial charge in [-0.2, -0.15) is 0 Å². The summed E-state index contributed by atoms with van der Waals surface area (Å²) in [6.07, 6.45) is 12.7. The lowest BCUT2D eigenvalue weighted by atomic mass is 9.68. The van der Waals surface area contributed by atoms with Gasteiger partial charge in [-0.15, -0.1) is 0 Å². The molecule has 2 aromatic rings. The summed E-state index contributed by atoms with van der Waals surface area (Å²) in [7, 11) is 1.68. The van der Waals surface area contributed by atoms with Gasteiger partial charge in [0.1, 0.15) is 5.75 Å². The maximum atomic E-state index is 13.9. The molecule has 0 unspecified atom stereocenters. The van der Waals surface area contributed by atoms with Crippen LogP contribution in [0.4, 0.5) is 0 Å². The molecule has 0 radical (unpaired) electrons. The molecule has 4 rings (SSSR count). The van der Waals surface area contributed by atoms with Gasteiger partial charge in [-0.1, -0.05) is 31.4 Å². The Hall–Kier alpha value is -2.43. The Kier molecular flexibility index (Phi) is 5.60. The second-order valence-electron chi connectivity index (χ2n) is 8.09. The van der Waals surface area contributed by atoms with Crippen LogP contribution >= 0.6 is 0 Å². The molecular weight excluding hydrogens is 350 g/mol. The summed E-state index contributed by atoms with van der Waals surface area (Å²) in [6.45, 7) is 1.59. The monoisotopic (exact) mass is 379 g/mol. The van der Waals surface area contributed by atoms with Gasteiger partial charge in [0.15, 0.2) is 0 Å². The number of ether oxygens (including phenoxy) is 1. The van der Waals surface area contributed by atoms with Crippen LogP contribution in [0.1, 0.15) is 62.1 Å². The number of carbonyl (C=O) groups excluding carboxylic acids is 1. The van der Waals surface area contributed by atoms with Crippen LogP contribution in [0.2, 0.25) is 0 Å². The van der Waals surface area contributed by atoms with Crippen molar-refractivity contribution >= 4 is 5.91 Å². The molecule has 1 saturated carbocycles. The standard InChI is InChI=1S/C23H29N3O2/c1-28-20-9-7-19(8-10-20)23(11-3-2-4-12-23)22(27)26-15-5-6-18(17-26)21-16-24-13-14-25-21/h7-10,13-14,16,18H,2-6,11-12,15,17H2,1H3/t18-/m1/s1. The van der Waals surface area contributed by atoms with E-state index in [2.05, 4.69) is 27.0 Å². The largest absolute Gasteiger partial charge is 0.497 e. The summed E-state index contributed by atoms with van der Waals surface area (Å²) in [4.78, 5) is 24.7. The highest BCUT2D eigenvalue weighted by Gasteiger charge is 2.44. The SMILES string of the molecule is COc1ccc(C2(C(=O)N3CCC[C@@H](c4cnccn4)C3)CCCCC2)cc1. The van der Waals surface area contributed by atoms with Crippen LogP contribution in [-0.2, 0) is 10.2 Å². The van der Waals surface area contributed by atoms with Crippen LogP contribution in [0, 0.1) is 0 Å². The van der Waals surface area contributed by atoms with Gasteiger partial charge in [0.05, 0.1) is 18.2 Å². The molecule has 1 aliphatic carbocycles. The van der Waals surface area contributed by atoms with Crippen molar-refractivity contribution in [2.45, 2.75) is 56.3 Å². The fourth-order valence-electron chi connectivity index (χ4n) is 4.92. The molecule has 2 heterocycles. The second-order valence-corrected chi connectivity index (χ2v) is 8.09. The fourth-order valence-corrected chi connectivity index (χ4v) is 4.92. The van der Waals surface area contributed by atoms with Crippen molar-refractivity contribution in [3.05, 3.63) is 54.1 Å². The van der Waals surface area contributed by atoms with Crippen LogP contribution in [0.25, 0.3) is 0 Å². The third-order valence-electron chi connectivity index (χ3n) is 6.47. The minimum Gasteiger partial charge on any atom is -0.497 e. The van der Waals surface area contributed by atoms with Crippen molar-refractivity contribution in [2.75, 3.05) is 20.2 Å². The molecule has 28 heavy (non-hydrogen) atoms. The molecule has 0 spiro atoms. The first-order valence-electron chi connectivity index (χ1n) is 10.4. The van der Waals surface area contributed by atoms with Crippen LogP contribution in [0.5, 0.6) is 5.75 Å². The Balaban J connectivity index is 1.60. The van der Waals surface area contributed by atoms with E-state index >= 15 is 0 Å². The molecule has 2 fully saturated rings. The van der Waals surface area contributed by atoms with Crippen molar-refractivity contribution in [2.24, 2.45) is 0 Å². The highest BCUT2D eigenvalue weighted by molar-refractivity contribution is 5.88. The summed E-state index contributed by atoms with van der Waals surface area (Å²) in [5, 5.41) is 0. The zero-order valence-corrected chi connectivity index (χ0v) is 16.6. The summed E-state index contributed by atoms with van der Waals surface area (Å²) in [5.41, 5.74) is 1.75. The molecule has 2 aliphatic rings. The molecule has 148 valence electrons. The first kappa shape index (κ1) is 18.9.